The van der Waals surface area contributed by atoms with E-state index in [2.05, 4.69) is 11.8 Å². The topological polar surface area (TPSA) is 12.5 Å². The smallest absolute Gasteiger partial charge is 0.0990 e. The number of ether oxygens (including phenoxy) is 1. The zero-order valence-corrected chi connectivity index (χ0v) is 5.81. The normalized spacial score (nSPS) is 21.0. The van der Waals surface area contributed by atoms with Gasteiger partial charge in [-0.1, -0.05) is 0 Å². The molecule has 1 aliphatic rings. The molecular weight excluding hydrogens is 114 g/mol. The minimum atomic E-state index is 0.594. The maximum atomic E-state index is 5.13. The molecular formula is C7H14NO. The lowest BCUT2D eigenvalue weighted by Crippen LogP contribution is -2.22. The van der Waals surface area contributed by atoms with Crippen LogP contribution in [0.25, 0.3) is 0 Å². The van der Waals surface area contributed by atoms with Gasteiger partial charge in [-0.25, -0.2) is 0 Å². The summed E-state index contributed by atoms with van der Waals surface area (Å²) in [6.07, 6.45) is 2.67. The van der Waals surface area contributed by atoms with Gasteiger partial charge in [0.15, 0.2) is 0 Å². The number of rotatable bonds is 3. The minimum Gasteiger partial charge on any atom is -0.366 e. The molecule has 0 amide bonds. The average Bonchev–Trinajstić information content (AvgIpc) is 2.34. The summed E-state index contributed by atoms with van der Waals surface area (Å²) in [4.78, 5) is 2.31. The first kappa shape index (κ1) is 7.03. The van der Waals surface area contributed by atoms with Gasteiger partial charge in [0.1, 0.15) is 0 Å². The van der Waals surface area contributed by atoms with Crippen LogP contribution in [0.5, 0.6) is 0 Å². The van der Waals surface area contributed by atoms with Gasteiger partial charge in [0.25, 0.3) is 0 Å². The Morgan fingerprint density at radius 3 is 2.56 bits per heavy atom. The van der Waals surface area contributed by atoms with Crippen LogP contribution in [0.2, 0.25) is 0 Å². The molecule has 1 heterocycles. The summed E-state index contributed by atoms with van der Waals surface area (Å²) in [5.41, 5.74) is 0. The maximum Gasteiger partial charge on any atom is 0.0990 e. The number of nitrogens with zero attached hydrogens (tertiary/aromatic N) is 1. The first-order valence-electron chi connectivity index (χ1n) is 3.53. The zero-order chi connectivity index (χ0) is 6.53. The first-order valence-corrected chi connectivity index (χ1v) is 3.53. The molecule has 0 aromatic rings. The Balaban J connectivity index is 1.98. The van der Waals surface area contributed by atoms with E-state index in [9.17, 15) is 0 Å². The number of hydrogen-bond donors (Lipinski definition) is 0. The van der Waals surface area contributed by atoms with Gasteiger partial charge in [-0.05, 0) is 19.8 Å². The van der Waals surface area contributed by atoms with Crippen molar-refractivity contribution in [3.8, 4) is 0 Å². The molecule has 0 bridgehead atoms. The fraction of sp³-hybridized carbons (Fsp3) is 0.857. The van der Waals surface area contributed by atoms with Gasteiger partial charge in [0.05, 0.1) is 6.73 Å². The van der Waals surface area contributed by atoms with Crippen molar-refractivity contribution >= 4 is 0 Å². The highest BCUT2D eigenvalue weighted by Crippen LogP contribution is 2.05. The first-order chi connectivity index (χ1) is 4.43. The fourth-order valence-electron chi connectivity index (χ4n) is 1.11. The summed E-state index contributed by atoms with van der Waals surface area (Å²) in [6, 6.07) is 0. The Morgan fingerprint density at radius 1 is 1.33 bits per heavy atom. The minimum absolute atomic E-state index is 0.594. The second kappa shape index (κ2) is 3.85. The molecule has 2 nitrogen and oxygen atoms in total. The van der Waals surface area contributed by atoms with Crippen LogP contribution in [0.3, 0.4) is 0 Å². The van der Waals surface area contributed by atoms with Gasteiger partial charge in [-0.3, -0.25) is 4.90 Å². The Kier molecular flexibility index (Phi) is 3.01. The summed E-state index contributed by atoms with van der Waals surface area (Å²) in [5, 5.41) is 0. The van der Waals surface area contributed by atoms with Crippen LogP contribution >= 0.6 is 0 Å². The molecule has 53 valence electrons. The van der Waals surface area contributed by atoms with Gasteiger partial charge in [-0.15, -0.1) is 0 Å². The monoisotopic (exact) mass is 128 g/mol. The molecule has 0 aromatic heterocycles. The average molecular weight is 128 g/mol. The van der Waals surface area contributed by atoms with E-state index in [0.717, 1.165) is 6.73 Å². The molecule has 2 heteroatoms. The van der Waals surface area contributed by atoms with Crippen molar-refractivity contribution in [1.82, 2.24) is 4.90 Å². The summed E-state index contributed by atoms with van der Waals surface area (Å²) in [6.45, 7) is 7.39. The Bertz CT molecular complexity index is 69.3. The summed E-state index contributed by atoms with van der Waals surface area (Å²) in [5.74, 6) is 0. The van der Waals surface area contributed by atoms with Crippen LogP contribution in [0.15, 0.2) is 0 Å². The van der Waals surface area contributed by atoms with E-state index in [-0.39, 0.29) is 0 Å². The van der Waals surface area contributed by atoms with Crippen LogP contribution in [0.1, 0.15) is 12.8 Å². The highest BCUT2D eigenvalue weighted by molar-refractivity contribution is 4.61. The lowest BCUT2D eigenvalue weighted by atomic mass is 10.4. The van der Waals surface area contributed by atoms with Crippen molar-refractivity contribution in [2.24, 2.45) is 0 Å². The predicted molar refractivity (Wildman–Crippen MR) is 37.0 cm³/mol. The summed E-state index contributed by atoms with van der Waals surface area (Å²) < 4.78 is 5.13. The molecule has 1 aliphatic heterocycles. The third kappa shape index (κ3) is 2.33. The largest absolute Gasteiger partial charge is 0.366 e. The Hall–Kier alpha value is -0.0800. The molecule has 0 aliphatic carbocycles. The molecule has 0 spiro atoms. The Labute approximate surface area is 56.8 Å². The molecule has 0 unspecified atom stereocenters. The van der Waals surface area contributed by atoms with E-state index in [0.29, 0.717) is 6.61 Å². The molecule has 1 radical (unpaired) electrons. The molecule has 0 N–H and O–H groups in total. The van der Waals surface area contributed by atoms with Crippen LogP contribution in [0, 0.1) is 6.92 Å². The van der Waals surface area contributed by atoms with Crippen molar-refractivity contribution in [2.75, 3.05) is 26.4 Å². The zero-order valence-electron chi connectivity index (χ0n) is 5.81. The van der Waals surface area contributed by atoms with E-state index in [1.807, 2.05) is 0 Å². The van der Waals surface area contributed by atoms with E-state index in [4.69, 9.17) is 4.74 Å². The van der Waals surface area contributed by atoms with Crippen LogP contribution in [-0.4, -0.2) is 31.3 Å². The molecule has 1 saturated heterocycles. The number of hydrogen-bond acceptors (Lipinski definition) is 2. The molecule has 1 rings (SSSR count). The van der Waals surface area contributed by atoms with E-state index < -0.39 is 0 Å². The fourth-order valence-corrected chi connectivity index (χ4v) is 1.11. The molecule has 0 atom stereocenters. The van der Waals surface area contributed by atoms with Crippen molar-refractivity contribution in [3.63, 3.8) is 0 Å². The van der Waals surface area contributed by atoms with Crippen molar-refractivity contribution in [2.45, 2.75) is 12.8 Å². The van der Waals surface area contributed by atoms with Crippen LogP contribution in [0.4, 0.5) is 0 Å². The summed E-state index contributed by atoms with van der Waals surface area (Å²) >= 11 is 0. The molecule has 9 heavy (non-hydrogen) atoms. The third-order valence-electron chi connectivity index (χ3n) is 1.62. The highest BCUT2D eigenvalue weighted by atomic mass is 16.5. The van der Waals surface area contributed by atoms with Crippen molar-refractivity contribution in [3.05, 3.63) is 6.92 Å². The van der Waals surface area contributed by atoms with E-state index >= 15 is 0 Å². The predicted octanol–water partition coefficient (Wildman–Crippen LogP) is 0.890. The highest BCUT2D eigenvalue weighted by Gasteiger charge is 2.09. The van der Waals surface area contributed by atoms with Gasteiger partial charge in [-0.2, -0.15) is 0 Å². The quantitative estimate of drug-likeness (QED) is 0.559. The lowest BCUT2D eigenvalue weighted by molar-refractivity contribution is 0.0578. The summed E-state index contributed by atoms with van der Waals surface area (Å²) in [7, 11) is 0. The van der Waals surface area contributed by atoms with Crippen LogP contribution < -0.4 is 0 Å². The van der Waals surface area contributed by atoms with Gasteiger partial charge in [0.2, 0.25) is 0 Å². The SMILES string of the molecule is [CH2]COCN1CCCC1. The van der Waals surface area contributed by atoms with Gasteiger partial charge >= 0.3 is 0 Å². The number of likely N-dealkylation sites (tertiary alicyclic amines) is 1. The van der Waals surface area contributed by atoms with E-state index in [1.165, 1.54) is 25.9 Å². The van der Waals surface area contributed by atoms with Crippen LogP contribution in [-0.2, 0) is 4.74 Å². The molecule has 0 aromatic carbocycles. The Morgan fingerprint density at radius 2 is 2.00 bits per heavy atom. The molecule has 1 fully saturated rings. The van der Waals surface area contributed by atoms with Crippen molar-refractivity contribution in [1.29, 1.82) is 0 Å². The maximum absolute atomic E-state index is 5.13. The van der Waals surface area contributed by atoms with E-state index in [1.54, 1.807) is 0 Å². The van der Waals surface area contributed by atoms with Gasteiger partial charge < -0.3 is 4.74 Å². The van der Waals surface area contributed by atoms with Gasteiger partial charge in [0, 0.05) is 19.7 Å². The van der Waals surface area contributed by atoms with Crippen molar-refractivity contribution < 1.29 is 4.74 Å². The lowest BCUT2D eigenvalue weighted by Gasteiger charge is -2.12. The third-order valence-corrected chi connectivity index (χ3v) is 1.62. The second-order valence-corrected chi connectivity index (χ2v) is 2.36. The standard InChI is InChI=1S/C7H14NO/c1-2-9-7-8-5-3-4-6-8/h1-7H2. The molecule has 0 saturated carbocycles. The second-order valence-electron chi connectivity index (χ2n) is 2.36.